The Morgan fingerprint density at radius 1 is 0.755 bits per heavy atom. The molecule has 0 aliphatic carbocycles. The van der Waals surface area contributed by atoms with Crippen molar-refractivity contribution in [2.24, 2.45) is 11.8 Å². The molecule has 0 aliphatic heterocycles. The third-order valence-electron chi connectivity index (χ3n) is 5.47. The fraction of sp³-hybridized carbons (Fsp3) is 0.312. The summed E-state index contributed by atoms with van der Waals surface area (Å²) in [7, 11) is 2.94. The number of esters is 1. The smallest absolute Gasteiger partial charge is 0.481 e. The van der Waals surface area contributed by atoms with Crippen LogP contribution in [0.3, 0.4) is 0 Å². The summed E-state index contributed by atoms with van der Waals surface area (Å²) in [5.41, 5.74) is 0.492. The van der Waals surface area contributed by atoms with Crippen molar-refractivity contribution in [2.45, 2.75) is 27.7 Å². The molecule has 53 heavy (non-hydrogen) atoms. The molecule has 0 saturated heterocycles. The Morgan fingerprint density at radius 2 is 1.21 bits per heavy atom. The summed E-state index contributed by atoms with van der Waals surface area (Å²) in [4.78, 5) is 59.2. The number of halogens is 3. The number of nitrogens with zero attached hydrogens (tertiary/aromatic N) is 8. The predicted molar refractivity (Wildman–Crippen MR) is 192 cm³/mol. The number of hydrogen-bond donors (Lipinski definition) is 1. The van der Waals surface area contributed by atoms with Crippen LogP contribution in [0.15, 0.2) is 49.1 Å². The van der Waals surface area contributed by atoms with E-state index in [1.807, 2.05) is 27.7 Å². The molecule has 0 radical (unpaired) electrons. The fourth-order valence-corrected chi connectivity index (χ4v) is 3.73. The minimum atomic E-state index is -1.06. The van der Waals surface area contributed by atoms with E-state index in [4.69, 9.17) is 54.1 Å². The third-order valence-corrected chi connectivity index (χ3v) is 5.97. The molecule has 0 fully saturated rings. The van der Waals surface area contributed by atoms with E-state index in [-0.39, 0.29) is 22.8 Å². The second kappa shape index (κ2) is 22.4. The first kappa shape index (κ1) is 43.6. The summed E-state index contributed by atoms with van der Waals surface area (Å²) in [5, 5.41) is 17.2. The molecule has 284 valence electrons. The van der Waals surface area contributed by atoms with Gasteiger partial charge in [0.05, 0.1) is 27.4 Å². The molecule has 1 N–H and O–H groups in total. The van der Waals surface area contributed by atoms with Crippen molar-refractivity contribution in [3.63, 3.8) is 0 Å². The molecule has 0 aromatic carbocycles. The minimum Gasteiger partial charge on any atom is -0.481 e. The van der Waals surface area contributed by atoms with Crippen LogP contribution >= 0.6 is 34.8 Å². The van der Waals surface area contributed by atoms with Gasteiger partial charge in [-0.1, -0.05) is 50.9 Å². The van der Waals surface area contributed by atoms with Crippen LogP contribution in [0.2, 0.25) is 10.3 Å². The summed E-state index contributed by atoms with van der Waals surface area (Å²) in [6.45, 7) is 8.19. The summed E-state index contributed by atoms with van der Waals surface area (Å²) >= 11 is 16.6. The van der Waals surface area contributed by atoms with Gasteiger partial charge in [0.2, 0.25) is 11.8 Å². The molecule has 18 nitrogen and oxygen atoms in total. The van der Waals surface area contributed by atoms with Crippen LogP contribution in [0.5, 0.6) is 11.8 Å². The number of ether oxygens (including phenoxy) is 5. The van der Waals surface area contributed by atoms with Gasteiger partial charge in [-0.05, 0) is 24.0 Å². The van der Waals surface area contributed by atoms with Crippen molar-refractivity contribution < 1.29 is 48.0 Å². The molecule has 4 heterocycles. The van der Waals surface area contributed by atoms with Crippen molar-refractivity contribution in [2.75, 3.05) is 27.4 Å². The first-order chi connectivity index (χ1) is 25.1. The highest BCUT2D eigenvalue weighted by molar-refractivity contribution is 6.61. The van der Waals surface area contributed by atoms with Gasteiger partial charge in [-0.2, -0.15) is 0 Å². The first-order valence-electron chi connectivity index (χ1n) is 15.1. The van der Waals surface area contributed by atoms with Gasteiger partial charge in [-0.15, -0.1) is 10.2 Å². The van der Waals surface area contributed by atoms with Gasteiger partial charge in [-0.25, -0.2) is 48.5 Å². The van der Waals surface area contributed by atoms with Gasteiger partial charge in [-0.3, -0.25) is 0 Å². The van der Waals surface area contributed by atoms with Gasteiger partial charge < -0.3 is 28.8 Å². The highest BCUT2D eigenvalue weighted by Gasteiger charge is 2.12. The summed E-state index contributed by atoms with van der Waals surface area (Å²) in [5.74, 6) is -0.0442. The Kier molecular flexibility index (Phi) is 18.4. The number of aliphatic carboxylic acids is 1. The van der Waals surface area contributed by atoms with Crippen LogP contribution in [0, 0.1) is 11.8 Å². The number of carboxylic acid groups (broad SMARTS) is 1. The molecule has 21 heteroatoms. The van der Waals surface area contributed by atoms with Crippen LogP contribution in [0.25, 0.3) is 35.2 Å². The largest absolute Gasteiger partial charge is 0.516 e. The van der Waals surface area contributed by atoms with Crippen LogP contribution in [0.4, 0.5) is 9.59 Å². The quantitative estimate of drug-likeness (QED) is 0.0540. The van der Waals surface area contributed by atoms with Crippen LogP contribution < -0.4 is 9.47 Å². The topological polar surface area (TPSA) is 222 Å². The van der Waals surface area contributed by atoms with Gasteiger partial charge >= 0.3 is 23.5 Å². The zero-order valence-corrected chi connectivity index (χ0v) is 31.4. The lowest BCUT2D eigenvalue weighted by Crippen LogP contribution is -2.14. The second-order valence-electron chi connectivity index (χ2n) is 10.8. The Morgan fingerprint density at radius 3 is 1.60 bits per heavy atom. The predicted octanol–water partition coefficient (Wildman–Crippen LogP) is 6.38. The summed E-state index contributed by atoms with van der Waals surface area (Å²) in [6, 6.07) is 6.41. The number of carbonyl (C=O) groups excluding carboxylic acids is 3. The number of carboxylic acids is 1. The molecule has 4 rings (SSSR count). The monoisotopic (exact) mass is 796 g/mol. The lowest BCUT2D eigenvalue weighted by Gasteiger charge is -2.05. The molecule has 4 aromatic rings. The van der Waals surface area contributed by atoms with Crippen molar-refractivity contribution in [1.29, 1.82) is 0 Å². The minimum absolute atomic E-state index is 0.141. The Balaban J connectivity index is 0.000000314. The van der Waals surface area contributed by atoms with E-state index in [0.717, 1.165) is 12.2 Å². The van der Waals surface area contributed by atoms with Crippen molar-refractivity contribution >= 4 is 70.7 Å². The Hall–Kier alpha value is -5.59. The molecule has 0 bridgehead atoms. The maximum Gasteiger partial charge on any atom is 0.516 e. The number of pyridine rings is 2. The SMILES string of the molecule is CC(C)COC(=O)Cl.COc1cc(-c2ncn(/C=C\C(=O)O)n2)cc(Cl)n1.COc1cc(-c2ncn(/C=C\C(=O)OC(=O)OCC(C)C)n2)cc(Cl)n1. The number of hydrogen-bond acceptors (Lipinski definition) is 15. The van der Waals surface area contributed by atoms with Crippen LogP contribution in [-0.2, 0) is 23.8 Å². The van der Waals surface area contributed by atoms with Crippen molar-refractivity contribution in [3.05, 3.63) is 59.4 Å². The van der Waals surface area contributed by atoms with E-state index in [0.29, 0.717) is 47.1 Å². The van der Waals surface area contributed by atoms with Gasteiger partial charge in [0.25, 0.3) is 0 Å². The third kappa shape index (κ3) is 17.5. The first-order valence-corrected chi connectivity index (χ1v) is 16.3. The van der Waals surface area contributed by atoms with E-state index in [1.165, 1.54) is 48.6 Å². The average molecular weight is 798 g/mol. The highest BCUT2D eigenvalue weighted by Crippen LogP contribution is 2.24. The van der Waals surface area contributed by atoms with E-state index in [9.17, 15) is 19.2 Å². The normalized spacial score (nSPS) is 10.7. The Labute approximate surface area is 318 Å². The zero-order chi connectivity index (χ0) is 39.5. The molecule has 0 spiro atoms. The van der Waals surface area contributed by atoms with Crippen molar-refractivity contribution in [3.8, 4) is 34.5 Å². The zero-order valence-electron chi connectivity index (χ0n) is 29.2. The van der Waals surface area contributed by atoms with Crippen LogP contribution in [0.1, 0.15) is 27.7 Å². The van der Waals surface area contributed by atoms with E-state index >= 15 is 0 Å². The standard InChI is InChI=1S/C16H17ClN4O5.C11H9ClN4O3.C5H9ClO2/c1-10(2)8-25-16(23)26-14(22)4-5-21-9-18-15(20-21)11-6-12(17)19-13(7-11)24-3;1-19-9-5-7(4-8(12)14-9)11-13-6-16(15-11)3-2-10(17)18;1-4(2)3-8-5(6)7/h4-7,9-10H,8H2,1-3H3;2-6H,1H3,(H,17,18);4H,3H2,1-2H3/b5-4-;3-2-;. The molecular weight excluding hydrogens is 763 g/mol. The van der Waals surface area contributed by atoms with Gasteiger partial charge in [0.1, 0.15) is 23.0 Å². The molecule has 0 unspecified atom stereocenters. The van der Waals surface area contributed by atoms with Crippen molar-refractivity contribution in [1.82, 2.24) is 39.5 Å². The van der Waals surface area contributed by atoms with Crippen LogP contribution in [-0.4, -0.2) is 95.6 Å². The molecule has 0 saturated carbocycles. The number of carbonyl (C=O) groups is 4. The van der Waals surface area contributed by atoms with E-state index in [2.05, 4.69) is 39.6 Å². The molecule has 0 aliphatic rings. The second-order valence-corrected chi connectivity index (χ2v) is 11.9. The van der Waals surface area contributed by atoms with E-state index < -0.39 is 23.5 Å². The molecular formula is C32H35Cl3N8O10. The van der Waals surface area contributed by atoms with Gasteiger partial charge in [0.15, 0.2) is 11.6 Å². The molecule has 0 atom stereocenters. The maximum atomic E-state index is 11.6. The molecule has 4 aromatic heterocycles. The fourth-order valence-electron chi connectivity index (χ4n) is 3.26. The average Bonchev–Trinajstić information content (AvgIpc) is 3.78. The summed E-state index contributed by atoms with van der Waals surface area (Å²) < 4.78 is 26.2. The Bertz CT molecular complexity index is 1900. The highest BCUT2D eigenvalue weighted by atomic mass is 35.5. The summed E-state index contributed by atoms with van der Waals surface area (Å²) in [6.07, 6.45) is 6.25. The lowest BCUT2D eigenvalue weighted by molar-refractivity contribution is -0.134. The number of aromatic nitrogens is 8. The maximum absolute atomic E-state index is 11.6. The van der Waals surface area contributed by atoms with E-state index in [1.54, 1.807) is 24.3 Å². The lowest BCUT2D eigenvalue weighted by atomic mass is 10.2. The van der Waals surface area contributed by atoms with Gasteiger partial charge in [0, 0.05) is 59.4 Å². The molecule has 0 amide bonds. The number of methoxy groups -OCH3 is 2. The number of rotatable bonds is 12.